The molecule has 0 fully saturated rings. The van der Waals surface area contributed by atoms with Crippen molar-refractivity contribution in [3.63, 3.8) is 0 Å². The first-order valence-electron chi connectivity index (χ1n) is 11.7. The summed E-state index contributed by atoms with van der Waals surface area (Å²) in [7, 11) is 0. The molecule has 0 aliphatic heterocycles. The first kappa shape index (κ1) is 22.8. The largest absolute Gasteiger partial charge is 0.296 e. The molecule has 35 heavy (non-hydrogen) atoms. The zero-order chi connectivity index (χ0) is 24.2. The average Bonchev–Trinajstić information content (AvgIpc) is 3.37. The predicted octanol–water partition coefficient (Wildman–Crippen LogP) is 6.97. The van der Waals surface area contributed by atoms with Crippen molar-refractivity contribution in [1.29, 1.82) is 0 Å². The summed E-state index contributed by atoms with van der Waals surface area (Å²) >= 11 is 1.43. The van der Waals surface area contributed by atoms with Gasteiger partial charge in [-0.2, -0.15) is 0 Å². The second-order valence-corrected chi connectivity index (χ2v) is 9.28. The topological polar surface area (TPSA) is 80.7 Å². The number of carbonyl (C=O) groups is 1. The zero-order valence-corrected chi connectivity index (χ0v) is 20.4. The van der Waals surface area contributed by atoms with E-state index >= 15 is 0 Å². The molecular formula is C28H25N5OS. The van der Waals surface area contributed by atoms with Crippen LogP contribution < -0.4 is 5.32 Å². The quantitative estimate of drug-likeness (QED) is 0.273. The van der Waals surface area contributed by atoms with Crippen LogP contribution in [0, 0.1) is 0 Å². The second kappa shape index (κ2) is 10.1. The minimum atomic E-state index is -0.241. The Hall–Kier alpha value is -3.97. The van der Waals surface area contributed by atoms with Crippen LogP contribution in [0.15, 0.2) is 78.9 Å². The van der Waals surface area contributed by atoms with Crippen molar-refractivity contribution in [1.82, 2.24) is 20.2 Å². The molecule has 6 nitrogen and oxygen atoms in total. The van der Waals surface area contributed by atoms with Gasteiger partial charge in [0.25, 0.3) is 5.91 Å². The first-order chi connectivity index (χ1) is 17.2. The van der Waals surface area contributed by atoms with Gasteiger partial charge in [0, 0.05) is 22.6 Å². The first-order valence-corrected chi connectivity index (χ1v) is 12.5. The van der Waals surface area contributed by atoms with Crippen LogP contribution in [-0.2, 0) is 0 Å². The summed E-state index contributed by atoms with van der Waals surface area (Å²) in [5.41, 5.74) is 5.44. The number of fused-ring (bicyclic) bond motifs is 1. The third-order valence-corrected chi connectivity index (χ3v) is 7.02. The van der Waals surface area contributed by atoms with Gasteiger partial charge < -0.3 is 0 Å². The Kier molecular flexibility index (Phi) is 6.59. The lowest BCUT2D eigenvalue weighted by Crippen LogP contribution is -2.11. The van der Waals surface area contributed by atoms with Gasteiger partial charge in [0.1, 0.15) is 5.01 Å². The molecule has 0 saturated heterocycles. The maximum atomic E-state index is 13.0. The third kappa shape index (κ3) is 4.81. The molecule has 0 unspecified atom stereocenters. The fourth-order valence-electron chi connectivity index (χ4n) is 4.05. The summed E-state index contributed by atoms with van der Waals surface area (Å²) in [5.74, 6) is 0.124. The Morgan fingerprint density at radius 3 is 2.00 bits per heavy atom. The number of nitrogens with zero attached hydrogens (tertiary/aromatic N) is 4. The third-order valence-electron chi connectivity index (χ3n) is 6.02. The van der Waals surface area contributed by atoms with Crippen LogP contribution in [0.2, 0.25) is 0 Å². The van der Waals surface area contributed by atoms with E-state index in [9.17, 15) is 4.79 Å². The molecule has 7 heteroatoms. The molecule has 0 spiro atoms. The summed E-state index contributed by atoms with van der Waals surface area (Å²) in [6.45, 7) is 4.27. The minimum Gasteiger partial charge on any atom is -0.296 e. The number of carbonyl (C=O) groups excluding carboxylic acids is 1. The molecule has 0 aliphatic carbocycles. The molecule has 3 aromatic carbocycles. The van der Waals surface area contributed by atoms with Gasteiger partial charge in [0.05, 0.1) is 22.4 Å². The smallest absolute Gasteiger partial charge is 0.257 e. The molecular weight excluding hydrogens is 454 g/mol. The number of hydrogen-bond acceptors (Lipinski definition) is 6. The maximum Gasteiger partial charge on any atom is 0.257 e. The highest BCUT2D eigenvalue weighted by Crippen LogP contribution is 2.31. The number of benzene rings is 3. The Balaban J connectivity index is 1.51. The van der Waals surface area contributed by atoms with Crippen molar-refractivity contribution < 1.29 is 4.79 Å². The number of nitrogens with one attached hydrogen (secondary N) is 1. The molecule has 0 radical (unpaired) electrons. The van der Waals surface area contributed by atoms with Crippen LogP contribution in [0.4, 0.5) is 5.13 Å². The van der Waals surface area contributed by atoms with E-state index in [2.05, 4.69) is 29.4 Å². The van der Waals surface area contributed by atoms with Gasteiger partial charge in [-0.1, -0.05) is 85.8 Å². The Bertz CT molecular complexity index is 1460. The summed E-state index contributed by atoms with van der Waals surface area (Å²) in [5, 5.41) is 12.8. The second-order valence-electron chi connectivity index (χ2n) is 8.27. The maximum absolute atomic E-state index is 13.0. The normalized spacial score (nSPS) is 11.2. The van der Waals surface area contributed by atoms with E-state index in [0.29, 0.717) is 22.1 Å². The van der Waals surface area contributed by atoms with E-state index in [1.807, 2.05) is 66.7 Å². The Morgan fingerprint density at radius 1 is 0.800 bits per heavy atom. The zero-order valence-electron chi connectivity index (χ0n) is 19.6. The van der Waals surface area contributed by atoms with E-state index in [1.165, 1.54) is 11.3 Å². The fraction of sp³-hybridized carbons (Fsp3) is 0.179. The molecule has 2 heterocycles. The van der Waals surface area contributed by atoms with Gasteiger partial charge in [-0.25, -0.2) is 9.97 Å². The molecule has 174 valence electrons. The SMILES string of the molecule is CCC(CC)c1nnc(NC(=O)c2ccc3nc(-c4ccccc4)c(-c4ccccc4)nc3c2)s1. The van der Waals surface area contributed by atoms with E-state index in [-0.39, 0.29) is 5.91 Å². The molecule has 0 atom stereocenters. The highest BCUT2D eigenvalue weighted by atomic mass is 32.1. The molecule has 2 aromatic heterocycles. The molecule has 1 amide bonds. The highest BCUT2D eigenvalue weighted by molar-refractivity contribution is 7.15. The summed E-state index contributed by atoms with van der Waals surface area (Å²) in [6.07, 6.45) is 1.99. The number of hydrogen-bond donors (Lipinski definition) is 1. The molecule has 1 N–H and O–H groups in total. The van der Waals surface area contributed by atoms with Crippen LogP contribution in [0.1, 0.15) is 48.0 Å². The molecule has 5 rings (SSSR count). The van der Waals surface area contributed by atoms with Crippen molar-refractivity contribution in [2.24, 2.45) is 0 Å². The Morgan fingerprint density at radius 2 is 1.40 bits per heavy atom. The monoisotopic (exact) mass is 479 g/mol. The van der Waals surface area contributed by atoms with Gasteiger partial charge in [-0.15, -0.1) is 10.2 Å². The number of amides is 1. The van der Waals surface area contributed by atoms with Crippen LogP contribution in [0.5, 0.6) is 0 Å². The van der Waals surface area contributed by atoms with Gasteiger partial charge in [0.15, 0.2) is 0 Å². The number of rotatable bonds is 7. The average molecular weight is 480 g/mol. The van der Waals surface area contributed by atoms with Crippen LogP contribution in [0.3, 0.4) is 0 Å². The highest BCUT2D eigenvalue weighted by Gasteiger charge is 2.17. The van der Waals surface area contributed by atoms with Crippen LogP contribution >= 0.6 is 11.3 Å². The molecule has 0 bridgehead atoms. The standard InChI is InChI=1S/C28H25N5OS/c1-3-18(4-2)27-32-33-28(35-27)31-26(34)21-15-16-22-23(17-21)30-25(20-13-9-6-10-14-20)24(29-22)19-11-7-5-8-12-19/h5-18H,3-4H2,1-2H3,(H,31,33,34). The van der Waals surface area contributed by atoms with E-state index in [1.54, 1.807) is 12.1 Å². The molecule has 0 saturated carbocycles. The number of aromatic nitrogens is 4. The predicted molar refractivity (Wildman–Crippen MR) is 142 cm³/mol. The van der Waals surface area contributed by atoms with Crippen molar-refractivity contribution >= 4 is 33.4 Å². The summed E-state index contributed by atoms with van der Waals surface area (Å²) in [6, 6.07) is 25.4. The van der Waals surface area contributed by atoms with Crippen LogP contribution in [-0.4, -0.2) is 26.1 Å². The van der Waals surface area contributed by atoms with Crippen molar-refractivity contribution in [3.8, 4) is 22.5 Å². The lowest BCUT2D eigenvalue weighted by atomic mass is 10.0. The van der Waals surface area contributed by atoms with Crippen molar-refractivity contribution in [2.75, 3.05) is 5.32 Å². The van der Waals surface area contributed by atoms with E-state index in [4.69, 9.17) is 9.97 Å². The minimum absolute atomic E-state index is 0.241. The van der Waals surface area contributed by atoms with Gasteiger partial charge in [-0.05, 0) is 31.0 Å². The molecule has 0 aliphatic rings. The number of anilines is 1. The van der Waals surface area contributed by atoms with Crippen molar-refractivity contribution in [3.05, 3.63) is 89.4 Å². The van der Waals surface area contributed by atoms with Crippen molar-refractivity contribution in [2.45, 2.75) is 32.6 Å². The fourth-order valence-corrected chi connectivity index (χ4v) is 5.05. The van der Waals surface area contributed by atoms with Crippen LogP contribution in [0.25, 0.3) is 33.5 Å². The Labute approximate surface area is 208 Å². The van der Waals surface area contributed by atoms with E-state index in [0.717, 1.165) is 45.9 Å². The van der Waals surface area contributed by atoms with Gasteiger partial charge >= 0.3 is 0 Å². The lowest BCUT2D eigenvalue weighted by Gasteiger charge is -2.11. The summed E-state index contributed by atoms with van der Waals surface area (Å²) < 4.78 is 0. The van der Waals surface area contributed by atoms with Gasteiger partial charge in [0.2, 0.25) is 5.13 Å². The van der Waals surface area contributed by atoms with Gasteiger partial charge in [-0.3, -0.25) is 10.1 Å². The molecule has 5 aromatic rings. The lowest BCUT2D eigenvalue weighted by molar-refractivity contribution is 0.102. The van der Waals surface area contributed by atoms with E-state index < -0.39 is 0 Å². The summed E-state index contributed by atoms with van der Waals surface area (Å²) in [4.78, 5) is 22.9.